The molecule has 6 heteroatoms. The maximum absolute atomic E-state index is 12.8. The van der Waals surface area contributed by atoms with Gasteiger partial charge in [-0.15, -0.1) is 0 Å². The zero-order valence-corrected chi connectivity index (χ0v) is 20.5. The van der Waals surface area contributed by atoms with Gasteiger partial charge in [0.05, 0.1) is 12.0 Å². The molecule has 1 saturated heterocycles. The summed E-state index contributed by atoms with van der Waals surface area (Å²) in [7, 11) is 0. The first kappa shape index (κ1) is 26.0. The van der Waals surface area contributed by atoms with Crippen molar-refractivity contribution < 1.29 is 9.59 Å². The maximum Gasteiger partial charge on any atom is 0.229 e. The number of carbonyl (C=O) groups is 2. The van der Waals surface area contributed by atoms with Gasteiger partial charge in [0.1, 0.15) is 0 Å². The van der Waals surface area contributed by atoms with Gasteiger partial charge in [0.2, 0.25) is 11.8 Å². The molecule has 4 nitrogen and oxygen atoms in total. The molecular formula is C26H32Cl2N2O2. The summed E-state index contributed by atoms with van der Waals surface area (Å²) in [5, 5.41) is 7.33. The minimum atomic E-state index is -0.260. The predicted molar refractivity (Wildman–Crippen MR) is 134 cm³/mol. The van der Waals surface area contributed by atoms with Crippen LogP contribution in [0, 0.1) is 12.8 Å². The highest BCUT2D eigenvalue weighted by Crippen LogP contribution is 2.27. The molecule has 172 valence electrons. The Morgan fingerprint density at radius 3 is 2.41 bits per heavy atom. The van der Waals surface area contributed by atoms with Crippen molar-refractivity contribution in [3.05, 3.63) is 75.8 Å². The van der Waals surface area contributed by atoms with E-state index in [1.807, 2.05) is 50.3 Å². The monoisotopic (exact) mass is 474 g/mol. The third-order valence-electron chi connectivity index (χ3n) is 5.40. The van der Waals surface area contributed by atoms with Gasteiger partial charge in [-0.3, -0.25) is 9.59 Å². The van der Waals surface area contributed by atoms with E-state index in [1.165, 1.54) is 5.56 Å². The number of nitrogens with one attached hydrogen (secondary N) is 2. The van der Waals surface area contributed by atoms with Crippen LogP contribution in [0.5, 0.6) is 0 Å². The Morgan fingerprint density at radius 2 is 1.84 bits per heavy atom. The van der Waals surface area contributed by atoms with E-state index in [0.29, 0.717) is 23.6 Å². The summed E-state index contributed by atoms with van der Waals surface area (Å²) >= 11 is 11.6. The maximum atomic E-state index is 12.8. The minimum Gasteiger partial charge on any atom is -0.349 e. The van der Waals surface area contributed by atoms with Gasteiger partial charge in [-0.05, 0) is 69.0 Å². The van der Waals surface area contributed by atoms with Crippen molar-refractivity contribution in [1.82, 2.24) is 5.32 Å². The van der Waals surface area contributed by atoms with Crippen LogP contribution in [-0.2, 0) is 9.59 Å². The normalized spacial score (nSPS) is 18.3. The summed E-state index contributed by atoms with van der Waals surface area (Å²) < 4.78 is 0. The fourth-order valence-corrected chi connectivity index (χ4v) is 4.14. The van der Waals surface area contributed by atoms with E-state index >= 15 is 0 Å². The van der Waals surface area contributed by atoms with Crippen LogP contribution >= 0.6 is 23.2 Å². The summed E-state index contributed by atoms with van der Waals surface area (Å²) in [6.45, 7) is 6.12. The molecule has 0 spiro atoms. The van der Waals surface area contributed by atoms with Crippen molar-refractivity contribution in [2.45, 2.75) is 58.9 Å². The molecule has 1 aliphatic rings. The Morgan fingerprint density at radius 1 is 1.16 bits per heavy atom. The number of unbranched alkanes of at least 4 members (excludes halogenated alkanes) is 1. The van der Waals surface area contributed by atoms with E-state index < -0.39 is 0 Å². The molecule has 2 amide bonds. The summed E-state index contributed by atoms with van der Waals surface area (Å²) in [5.74, 6) is -0.314. The first-order chi connectivity index (χ1) is 15.3. The van der Waals surface area contributed by atoms with Crippen LogP contribution in [-0.4, -0.2) is 17.9 Å². The summed E-state index contributed by atoms with van der Waals surface area (Å²) in [6.07, 6.45) is 6.01. The number of anilines is 1. The van der Waals surface area contributed by atoms with E-state index in [9.17, 15) is 9.59 Å². The molecule has 32 heavy (non-hydrogen) atoms. The van der Waals surface area contributed by atoms with Gasteiger partial charge < -0.3 is 10.6 Å². The van der Waals surface area contributed by atoms with E-state index in [4.69, 9.17) is 23.2 Å². The van der Waals surface area contributed by atoms with Gasteiger partial charge in [-0.1, -0.05) is 66.4 Å². The van der Waals surface area contributed by atoms with Crippen molar-refractivity contribution in [1.29, 1.82) is 0 Å². The first-order valence-electron chi connectivity index (χ1n) is 11.1. The highest BCUT2D eigenvalue weighted by Gasteiger charge is 2.35. The number of hydrogen-bond donors (Lipinski definition) is 2. The molecule has 0 bridgehead atoms. The van der Waals surface area contributed by atoms with Crippen molar-refractivity contribution >= 4 is 40.7 Å². The van der Waals surface area contributed by atoms with Crippen LogP contribution in [0.3, 0.4) is 0 Å². The van der Waals surface area contributed by atoms with Crippen LogP contribution < -0.4 is 10.6 Å². The first-order valence-corrected chi connectivity index (χ1v) is 11.8. The number of allylic oxidation sites excluding steroid dienone is 1. The topological polar surface area (TPSA) is 58.2 Å². The Balaban J connectivity index is 0.000000380. The number of aryl methyl sites for hydroxylation is 1. The Labute approximate surface area is 201 Å². The van der Waals surface area contributed by atoms with Crippen molar-refractivity contribution in [3.63, 3.8) is 0 Å². The molecule has 1 heterocycles. The van der Waals surface area contributed by atoms with E-state index in [-0.39, 0.29) is 23.8 Å². The largest absolute Gasteiger partial charge is 0.349 e. The van der Waals surface area contributed by atoms with Crippen LogP contribution in [0.25, 0.3) is 0 Å². The van der Waals surface area contributed by atoms with Crippen LogP contribution in [0.2, 0.25) is 10.0 Å². The Hall–Kier alpha value is -2.30. The zero-order chi connectivity index (χ0) is 23.5. The number of benzene rings is 2. The van der Waals surface area contributed by atoms with Crippen LogP contribution in [0.15, 0.2) is 60.2 Å². The predicted octanol–water partition coefficient (Wildman–Crippen LogP) is 6.96. The van der Waals surface area contributed by atoms with E-state index in [1.54, 1.807) is 18.2 Å². The van der Waals surface area contributed by atoms with E-state index in [2.05, 4.69) is 17.6 Å². The van der Waals surface area contributed by atoms with Gasteiger partial charge in [-0.2, -0.15) is 0 Å². The number of halogens is 2. The second kappa shape index (κ2) is 13.3. The number of piperidine rings is 1. The van der Waals surface area contributed by atoms with Crippen LogP contribution in [0.1, 0.15) is 51.5 Å². The summed E-state index contributed by atoms with van der Waals surface area (Å²) in [6, 6.07) is 14.7. The quantitative estimate of drug-likeness (QED) is 0.444. The zero-order valence-electron chi connectivity index (χ0n) is 19.0. The lowest BCUT2D eigenvalue weighted by molar-refractivity contribution is -0.127. The fraction of sp³-hybridized carbons (Fsp3) is 0.385. The molecule has 0 saturated carbocycles. The highest BCUT2D eigenvalue weighted by atomic mass is 35.5. The molecule has 2 aromatic carbocycles. The van der Waals surface area contributed by atoms with Gasteiger partial charge >= 0.3 is 0 Å². The van der Waals surface area contributed by atoms with Crippen molar-refractivity contribution in [2.75, 3.05) is 5.32 Å². The van der Waals surface area contributed by atoms with Gasteiger partial charge in [0.15, 0.2) is 0 Å². The highest BCUT2D eigenvalue weighted by molar-refractivity contribution is 6.31. The number of carbonyl (C=O) groups excluding carboxylic acids is 2. The Bertz CT molecular complexity index is 926. The second-order valence-electron chi connectivity index (χ2n) is 7.96. The lowest BCUT2D eigenvalue weighted by Gasteiger charge is -2.33. The SMILES string of the molecule is C/C=C(\CCCC)[C@H]1NC(=O)CCC1C(=O)Nc1cccc(Cl)c1.Cc1cccc(Cl)c1. The Kier molecular flexibility index (Phi) is 10.8. The summed E-state index contributed by atoms with van der Waals surface area (Å²) in [4.78, 5) is 24.6. The molecular weight excluding hydrogens is 443 g/mol. The molecule has 3 rings (SSSR count). The molecule has 0 radical (unpaired) electrons. The molecule has 0 aromatic heterocycles. The number of rotatable bonds is 6. The number of amides is 2. The molecule has 1 fully saturated rings. The van der Waals surface area contributed by atoms with E-state index in [0.717, 1.165) is 29.9 Å². The smallest absolute Gasteiger partial charge is 0.229 e. The number of hydrogen-bond acceptors (Lipinski definition) is 2. The minimum absolute atomic E-state index is 0.0163. The average molecular weight is 475 g/mol. The molecule has 2 aromatic rings. The van der Waals surface area contributed by atoms with Crippen molar-refractivity contribution in [2.24, 2.45) is 5.92 Å². The third kappa shape index (κ3) is 8.33. The average Bonchev–Trinajstić information content (AvgIpc) is 2.74. The van der Waals surface area contributed by atoms with Gasteiger partial charge in [0.25, 0.3) is 0 Å². The van der Waals surface area contributed by atoms with Gasteiger partial charge in [0, 0.05) is 22.2 Å². The van der Waals surface area contributed by atoms with Crippen molar-refractivity contribution in [3.8, 4) is 0 Å². The lowest BCUT2D eigenvalue weighted by Crippen LogP contribution is -2.50. The second-order valence-corrected chi connectivity index (χ2v) is 8.83. The lowest BCUT2D eigenvalue weighted by atomic mass is 9.83. The molecule has 1 aliphatic heterocycles. The third-order valence-corrected chi connectivity index (χ3v) is 5.87. The van der Waals surface area contributed by atoms with Crippen LogP contribution in [0.4, 0.5) is 5.69 Å². The van der Waals surface area contributed by atoms with Gasteiger partial charge in [-0.25, -0.2) is 0 Å². The molecule has 0 aliphatic carbocycles. The fourth-order valence-electron chi connectivity index (χ4n) is 3.70. The standard InChI is InChI=1S/C19H25ClN2O2.C7H7Cl/c1-3-5-7-13(4-2)18-16(10-11-17(23)22-18)19(24)21-15-9-6-8-14(20)12-15;1-6-3-2-4-7(8)5-6/h4,6,8-9,12,16,18H,3,5,7,10-11H2,1-2H3,(H,21,24)(H,22,23);2-5H,1H3/b13-4+;/t16?,18-;/m1./s1. The molecule has 2 N–H and O–H groups in total. The molecule has 1 unspecified atom stereocenters. The summed E-state index contributed by atoms with van der Waals surface area (Å²) in [5.41, 5.74) is 3.02. The molecule has 2 atom stereocenters.